The Morgan fingerprint density at radius 3 is 2.26 bits per heavy atom. The fourth-order valence-electron chi connectivity index (χ4n) is 4.01. The molecule has 1 aromatic heterocycles. The molecule has 0 N–H and O–H groups in total. The zero-order valence-electron chi connectivity index (χ0n) is 18.3. The van der Waals surface area contributed by atoms with Crippen LogP contribution in [0.2, 0.25) is 0 Å². The predicted octanol–water partition coefficient (Wildman–Crippen LogP) is 6.51. The minimum atomic E-state index is -4.50. The van der Waals surface area contributed by atoms with Crippen molar-refractivity contribution < 1.29 is 21.6 Å². The highest BCUT2D eigenvalue weighted by Crippen LogP contribution is 2.43. The number of aromatic nitrogens is 2. The highest BCUT2D eigenvalue weighted by molar-refractivity contribution is 7.90. The minimum Gasteiger partial charge on any atom is -0.299 e. The van der Waals surface area contributed by atoms with E-state index in [0.29, 0.717) is 5.69 Å². The molecule has 0 unspecified atom stereocenters. The molecule has 1 aliphatic rings. The van der Waals surface area contributed by atoms with Crippen molar-refractivity contribution in [3.05, 3.63) is 90.3 Å². The van der Waals surface area contributed by atoms with Crippen molar-refractivity contribution in [3.8, 4) is 28.2 Å². The molecule has 1 fully saturated rings. The highest BCUT2D eigenvalue weighted by Gasteiger charge is 2.35. The minimum absolute atomic E-state index is 0.0341. The van der Waals surface area contributed by atoms with Crippen molar-refractivity contribution in [2.75, 3.05) is 6.26 Å². The maximum atomic E-state index is 13.7. The Morgan fingerprint density at radius 2 is 1.62 bits per heavy atom. The van der Waals surface area contributed by atoms with Crippen LogP contribution < -0.4 is 0 Å². The van der Waals surface area contributed by atoms with Gasteiger partial charge in [-0.3, -0.25) is 4.57 Å². The zero-order valence-corrected chi connectivity index (χ0v) is 19.1. The first-order valence-corrected chi connectivity index (χ1v) is 12.7. The number of alkyl halides is 3. The van der Waals surface area contributed by atoms with Gasteiger partial charge in [0.05, 0.1) is 16.2 Å². The van der Waals surface area contributed by atoms with E-state index in [1.807, 2.05) is 24.4 Å². The average molecular weight is 483 g/mol. The Balaban J connectivity index is 1.58. The lowest BCUT2D eigenvalue weighted by atomic mass is 10.0. The van der Waals surface area contributed by atoms with Crippen molar-refractivity contribution in [1.82, 2.24) is 9.55 Å². The van der Waals surface area contributed by atoms with Gasteiger partial charge >= 0.3 is 6.18 Å². The van der Waals surface area contributed by atoms with Gasteiger partial charge in [0.15, 0.2) is 9.84 Å². The molecular weight excluding hydrogens is 461 g/mol. The second-order valence-electron chi connectivity index (χ2n) is 8.52. The fraction of sp³-hybridized carbons (Fsp3) is 0.192. The van der Waals surface area contributed by atoms with Gasteiger partial charge in [0.25, 0.3) is 0 Å². The van der Waals surface area contributed by atoms with Crippen LogP contribution in [0.25, 0.3) is 28.2 Å². The first-order valence-electron chi connectivity index (χ1n) is 10.8. The average Bonchev–Trinajstić information content (AvgIpc) is 3.57. The smallest absolute Gasteiger partial charge is 0.299 e. The molecule has 34 heavy (non-hydrogen) atoms. The van der Waals surface area contributed by atoms with Gasteiger partial charge in [0.1, 0.15) is 5.82 Å². The van der Waals surface area contributed by atoms with E-state index >= 15 is 0 Å². The second kappa shape index (κ2) is 8.13. The largest absolute Gasteiger partial charge is 0.417 e. The summed E-state index contributed by atoms with van der Waals surface area (Å²) in [5.74, 6) is 0.526. The second-order valence-corrected chi connectivity index (χ2v) is 10.5. The predicted molar refractivity (Wildman–Crippen MR) is 125 cm³/mol. The van der Waals surface area contributed by atoms with Gasteiger partial charge < -0.3 is 0 Å². The molecule has 3 aromatic carbocycles. The topological polar surface area (TPSA) is 52.0 Å². The molecule has 8 heteroatoms. The zero-order chi connectivity index (χ0) is 24.1. The molecule has 0 radical (unpaired) electrons. The van der Waals surface area contributed by atoms with Gasteiger partial charge in [-0.25, -0.2) is 13.4 Å². The Labute approximate surface area is 195 Å². The molecule has 1 heterocycles. The molecule has 1 saturated carbocycles. The highest BCUT2D eigenvalue weighted by atomic mass is 32.2. The van der Waals surface area contributed by atoms with E-state index < -0.39 is 21.6 Å². The first kappa shape index (κ1) is 22.4. The van der Waals surface area contributed by atoms with Crippen LogP contribution in [-0.4, -0.2) is 24.2 Å². The Morgan fingerprint density at radius 1 is 0.912 bits per heavy atom. The normalized spacial score (nSPS) is 14.4. The van der Waals surface area contributed by atoms with E-state index in [4.69, 9.17) is 0 Å². The van der Waals surface area contributed by atoms with Crippen LogP contribution in [0, 0.1) is 0 Å². The van der Waals surface area contributed by atoms with Gasteiger partial charge in [-0.1, -0.05) is 42.5 Å². The summed E-state index contributed by atoms with van der Waals surface area (Å²) >= 11 is 0. The maximum absolute atomic E-state index is 13.7. The van der Waals surface area contributed by atoms with Crippen LogP contribution in [0.15, 0.2) is 83.9 Å². The molecule has 0 bridgehead atoms. The monoisotopic (exact) mass is 482 g/mol. The van der Waals surface area contributed by atoms with E-state index in [9.17, 15) is 21.6 Å². The van der Waals surface area contributed by atoms with Crippen molar-refractivity contribution in [1.29, 1.82) is 0 Å². The molecule has 0 aliphatic heterocycles. The molecule has 174 valence electrons. The van der Waals surface area contributed by atoms with E-state index in [-0.39, 0.29) is 22.2 Å². The van der Waals surface area contributed by atoms with Crippen molar-refractivity contribution >= 4 is 9.84 Å². The number of benzene rings is 3. The quantitative estimate of drug-likeness (QED) is 0.326. The summed E-state index contributed by atoms with van der Waals surface area (Å²) in [5.41, 5.74) is 2.31. The third kappa shape index (κ3) is 4.37. The molecule has 5 rings (SSSR count). The van der Waals surface area contributed by atoms with Crippen molar-refractivity contribution in [2.24, 2.45) is 0 Å². The summed E-state index contributed by atoms with van der Waals surface area (Å²) in [5, 5.41) is 0. The summed E-state index contributed by atoms with van der Waals surface area (Å²) in [6.45, 7) is 0. The van der Waals surface area contributed by atoms with Gasteiger partial charge in [-0.05, 0) is 54.3 Å². The van der Waals surface area contributed by atoms with Crippen LogP contribution in [0.1, 0.15) is 30.0 Å². The first-order chi connectivity index (χ1) is 16.1. The van der Waals surface area contributed by atoms with Gasteiger partial charge in [-0.2, -0.15) is 13.2 Å². The number of rotatable bonds is 5. The third-order valence-corrected chi connectivity index (χ3v) is 7.04. The molecular formula is C26H21F3N2O2S. The number of imidazole rings is 1. The lowest BCUT2D eigenvalue weighted by Crippen LogP contribution is -2.08. The SMILES string of the molecule is CS(=O)(=O)c1cccc(-c2ccc(-n3cc(C4CC4)nc3-c3ccccc3C(F)(F)F)cc2)c1. The number of hydrogen-bond acceptors (Lipinski definition) is 3. The van der Waals surface area contributed by atoms with Gasteiger partial charge in [-0.15, -0.1) is 0 Å². The van der Waals surface area contributed by atoms with Crippen LogP contribution in [0.4, 0.5) is 13.2 Å². The Hall–Kier alpha value is -3.39. The molecule has 4 aromatic rings. The Kier molecular flexibility index (Phi) is 5.36. The fourth-order valence-corrected chi connectivity index (χ4v) is 4.67. The molecule has 0 atom stereocenters. The van der Waals surface area contributed by atoms with Gasteiger partial charge in [0, 0.05) is 29.6 Å². The van der Waals surface area contributed by atoms with Crippen LogP contribution in [0.3, 0.4) is 0 Å². The molecule has 0 spiro atoms. The molecule has 4 nitrogen and oxygen atoms in total. The number of sulfone groups is 1. The summed E-state index contributed by atoms with van der Waals surface area (Å²) in [4.78, 5) is 4.83. The third-order valence-electron chi connectivity index (χ3n) is 5.93. The summed E-state index contributed by atoms with van der Waals surface area (Å²) in [6, 6.07) is 19.4. The van der Waals surface area contributed by atoms with Crippen LogP contribution in [-0.2, 0) is 16.0 Å². The maximum Gasteiger partial charge on any atom is 0.417 e. The summed E-state index contributed by atoms with van der Waals surface area (Å²) < 4.78 is 66.7. The Bertz CT molecular complexity index is 1470. The number of hydrogen-bond donors (Lipinski definition) is 0. The number of halogens is 3. The van der Waals surface area contributed by atoms with E-state index in [2.05, 4.69) is 4.98 Å². The van der Waals surface area contributed by atoms with Crippen molar-refractivity contribution in [2.45, 2.75) is 29.8 Å². The van der Waals surface area contributed by atoms with E-state index in [1.165, 1.54) is 12.1 Å². The standard InChI is InChI=1S/C26H21F3N2O2S/c1-34(32,33)21-6-4-5-19(15-21)17-11-13-20(14-12-17)31-16-24(18-9-10-18)30-25(31)22-7-2-3-8-23(22)26(27,28)29/h2-8,11-16,18H,9-10H2,1H3. The molecule has 0 saturated heterocycles. The number of nitrogens with zero attached hydrogens (tertiary/aromatic N) is 2. The van der Waals surface area contributed by atoms with Crippen LogP contribution >= 0.6 is 0 Å². The van der Waals surface area contributed by atoms with E-state index in [0.717, 1.165) is 42.0 Å². The summed E-state index contributed by atoms with van der Waals surface area (Å²) in [7, 11) is -3.34. The molecule has 1 aliphatic carbocycles. The lowest BCUT2D eigenvalue weighted by Gasteiger charge is -2.14. The lowest BCUT2D eigenvalue weighted by molar-refractivity contribution is -0.137. The van der Waals surface area contributed by atoms with Crippen molar-refractivity contribution in [3.63, 3.8) is 0 Å². The van der Waals surface area contributed by atoms with Crippen LogP contribution in [0.5, 0.6) is 0 Å². The van der Waals surface area contributed by atoms with E-state index in [1.54, 1.807) is 41.0 Å². The summed E-state index contributed by atoms with van der Waals surface area (Å²) in [6.07, 6.45) is 0.438. The van der Waals surface area contributed by atoms with Gasteiger partial charge in [0.2, 0.25) is 0 Å². The molecule has 0 amide bonds.